The molecule has 7 nitrogen and oxygen atoms in total. The minimum atomic E-state index is 0.571. The van der Waals surface area contributed by atoms with Crippen molar-refractivity contribution in [3.05, 3.63) is 65.4 Å². The smallest absolute Gasteiger partial charge is 0.195 e. The van der Waals surface area contributed by atoms with Crippen LogP contribution in [0.25, 0.3) is 5.69 Å². The van der Waals surface area contributed by atoms with E-state index in [1.807, 2.05) is 61.8 Å². The quantitative estimate of drug-likeness (QED) is 0.450. The van der Waals surface area contributed by atoms with Gasteiger partial charge in [-0.3, -0.25) is 4.99 Å². The standard InChI is InChI=1S/C21H24ClN5O2/c1-4-29-19-10-7-17(11-20(19)28-3)26-21(23-2)24-12-15-13-25-27(14-15)18-8-5-16(22)6-9-18/h5-11,13-14H,4,12H2,1-3H3,(H2,23,24,26). The zero-order valence-electron chi connectivity index (χ0n) is 16.6. The van der Waals surface area contributed by atoms with Crippen LogP contribution >= 0.6 is 11.6 Å². The molecule has 1 heterocycles. The number of nitrogens with zero attached hydrogens (tertiary/aromatic N) is 3. The van der Waals surface area contributed by atoms with Gasteiger partial charge in [0.2, 0.25) is 0 Å². The zero-order valence-corrected chi connectivity index (χ0v) is 17.4. The third-order valence-electron chi connectivity index (χ3n) is 4.14. The molecule has 0 aliphatic heterocycles. The fourth-order valence-electron chi connectivity index (χ4n) is 2.71. The largest absolute Gasteiger partial charge is 0.493 e. The summed E-state index contributed by atoms with van der Waals surface area (Å²) in [5.74, 6) is 2.00. The van der Waals surface area contributed by atoms with Gasteiger partial charge in [0.15, 0.2) is 17.5 Å². The highest BCUT2D eigenvalue weighted by Crippen LogP contribution is 2.30. The molecule has 0 saturated heterocycles. The summed E-state index contributed by atoms with van der Waals surface area (Å²) < 4.78 is 12.7. The Morgan fingerprint density at radius 3 is 2.66 bits per heavy atom. The van der Waals surface area contributed by atoms with Gasteiger partial charge in [-0.25, -0.2) is 4.68 Å². The van der Waals surface area contributed by atoms with Crippen molar-refractivity contribution in [3.8, 4) is 17.2 Å². The number of nitrogens with one attached hydrogen (secondary N) is 2. The van der Waals surface area contributed by atoms with Gasteiger partial charge in [0.1, 0.15) is 0 Å². The lowest BCUT2D eigenvalue weighted by molar-refractivity contribution is 0.311. The van der Waals surface area contributed by atoms with Gasteiger partial charge in [-0.1, -0.05) is 11.6 Å². The van der Waals surface area contributed by atoms with Crippen LogP contribution in [0.3, 0.4) is 0 Å². The first kappa shape index (κ1) is 20.5. The summed E-state index contributed by atoms with van der Waals surface area (Å²) in [6.45, 7) is 3.09. The molecule has 0 spiro atoms. The van der Waals surface area contributed by atoms with E-state index in [2.05, 4.69) is 20.7 Å². The lowest BCUT2D eigenvalue weighted by atomic mass is 10.2. The number of aromatic nitrogens is 2. The fraction of sp³-hybridized carbons (Fsp3) is 0.238. The molecule has 0 radical (unpaired) electrons. The molecule has 3 rings (SSSR count). The van der Waals surface area contributed by atoms with E-state index in [9.17, 15) is 0 Å². The van der Waals surface area contributed by atoms with Crippen molar-refractivity contribution in [2.45, 2.75) is 13.5 Å². The third-order valence-corrected chi connectivity index (χ3v) is 4.39. The van der Waals surface area contributed by atoms with E-state index in [1.165, 1.54) is 0 Å². The highest BCUT2D eigenvalue weighted by molar-refractivity contribution is 6.30. The number of hydrogen-bond acceptors (Lipinski definition) is 4. The molecule has 152 valence electrons. The molecule has 0 atom stereocenters. The van der Waals surface area contributed by atoms with E-state index in [-0.39, 0.29) is 0 Å². The Labute approximate surface area is 175 Å². The number of halogens is 1. The summed E-state index contributed by atoms with van der Waals surface area (Å²) in [5, 5.41) is 11.6. The van der Waals surface area contributed by atoms with Crippen LogP contribution in [0.15, 0.2) is 59.9 Å². The number of anilines is 1. The van der Waals surface area contributed by atoms with E-state index in [1.54, 1.807) is 18.8 Å². The van der Waals surface area contributed by atoms with Crippen molar-refractivity contribution in [3.63, 3.8) is 0 Å². The first-order valence-electron chi connectivity index (χ1n) is 9.21. The van der Waals surface area contributed by atoms with Crippen LogP contribution < -0.4 is 20.1 Å². The monoisotopic (exact) mass is 413 g/mol. The molecule has 1 aromatic heterocycles. The summed E-state index contributed by atoms with van der Waals surface area (Å²) in [6.07, 6.45) is 3.78. The molecule has 8 heteroatoms. The molecule has 3 aromatic rings. The van der Waals surface area contributed by atoms with Gasteiger partial charge in [-0.2, -0.15) is 5.10 Å². The van der Waals surface area contributed by atoms with Crippen molar-refractivity contribution in [1.29, 1.82) is 0 Å². The SMILES string of the molecule is CCOc1ccc(NC(=NC)NCc2cnn(-c3ccc(Cl)cc3)c2)cc1OC. The van der Waals surface area contributed by atoms with Crippen LogP contribution in [0.1, 0.15) is 12.5 Å². The molecular weight excluding hydrogens is 390 g/mol. The number of guanidine groups is 1. The van der Waals surface area contributed by atoms with Gasteiger partial charge in [0.25, 0.3) is 0 Å². The van der Waals surface area contributed by atoms with Crippen LogP contribution in [0.4, 0.5) is 5.69 Å². The molecule has 0 amide bonds. The lowest BCUT2D eigenvalue weighted by Gasteiger charge is -2.14. The van der Waals surface area contributed by atoms with Gasteiger partial charge in [-0.05, 0) is 43.3 Å². The Morgan fingerprint density at radius 2 is 1.97 bits per heavy atom. The Hall–Kier alpha value is -3.19. The molecule has 2 N–H and O–H groups in total. The normalized spacial score (nSPS) is 11.2. The second-order valence-corrected chi connectivity index (χ2v) is 6.56. The van der Waals surface area contributed by atoms with E-state index in [4.69, 9.17) is 21.1 Å². The first-order chi connectivity index (χ1) is 14.1. The van der Waals surface area contributed by atoms with E-state index in [0.717, 1.165) is 16.9 Å². The second kappa shape index (κ2) is 9.84. The number of hydrogen-bond donors (Lipinski definition) is 2. The van der Waals surface area contributed by atoms with E-state index < -0.39 is 0 Å². The molecule has 0 bridgehead atoms. The van der Waals surface area contributed by atoms with Gasteiger partial charge in [0.05, 0.1) is 25.6 Å². The highest BCUT2D eigenvalue weighted by atomic mass is 35.5. The van der Waals surface area contributed by atoms with Crippen LogP contribution in [0.2, 0.25) is 5.02 Å². The number of rotatable bonds is 7. The predicted octanol–water partition coefficient (Wildman–Crippen LogP) is 4.12. The van der Waals surface area contributed by atoms with Gasteiger partial charge >= 0.3 is 0 Å². The molecule has 0 saturated carbocycles. The summed E-state index contributed by atoms with van der Waals surface area (Å²) >= 11 is 5.94. The summed E-state index contributed by atoms with van der Waals surface area (Å²) in [7, 11) is 3.34. The minimum absolute atomic E-state index is 0.571. The van der Waals surface area contributed by atoms with E-state index >= 15 is 0 Å². The molecule has 29 heavy (non-hydrogen) atoms. The molecular formula is C21H24ClN5O2. The molecule has 0 unspecified atom stereocenters. The zero-order chi connectivity index (χ0) is 20.6. The predicted molar refractivity (Wildman–Crippen MR) is 117 cm³/mol. The van der Waals surface area contributed by atoms with Crippen molar-refractivity contribution >= 4 is 23.2 Å². The minimum Gasteiger partial charge on any atom is -0.493 e. The van der Waals surface area contributed by atoms with Crippen molar-refractivity contribution in [2.24, 2.45) is 4.99 Å². The summed E-state index contributed by atoms with van der Waals surface area (Å²) in [4.78, 5) is 4.27. The van der Waals surface area contributed by atoms with Crippen LogP contribution in [0.5, 0.6) is 11.5 Å². The Morgan fingerprint density at radius 1 is 1.17 bits per heavy atom. The lowest BCUT2D eigenvalue weighted by Crippen LogP contribution is -2.30. The van der Waals surface area contributed by atoms with Crippen molar-refractivity contribution in [1.82, 2.24) is 15.1 Å². The average Bonchev–Trinajstić information content (AvgIpc) is 3.21. The number of methoxy groups -OCH3 is 1. The summed E-state index contributed by atoms with van der Waals surface area (Å²) in [5.41, 5.74) is 2.81. The maximum absolute atomic E-state index is 5.94. The van der Waals surface area contributed by atoms with Gasteiger partial charge in [0, 0.05) is 42.1 Å². The fourth-order valence-corrected chi connectivity index (χ4v) is 2.83. The number of aliphatic imine (C=N–C) groups is 1. The topological polar surface area (TPSA) is 72.7 Å². The van der Waals surface area contributed by atoms with Gasteiger partial charge in [-0.15, -0.1) is 0 Å². The third kappa shape index (κ3) is 5.42. The molecule has 0 aliphatic carbocycles. The van der Waals surface area contributed by atoms with Crippen molar-refractivity contribution < 1.29 is 9.47 Å². The van der Waals surface area contributed by atoms with E-state index in [0.29, 0.717) is 35.6 Å². The molecule has 2 aromatic carbocycles. The van der Waals surface area contributed by atoms with Crippen LogP contribution in [-0.2, 0) is 6.54 Å². The second-order valence-electron chi connectivity index (χ2n) is 6.12. The maximum Gasteiger partial charge on any atom is 0.195 e. The first-order valence-corrected chi connectivity index (χ1v) is 9.58. The Bertz CT molecular complexity index is 969. The van der Waals surface area contributed by atoms with Crippen molar-refractivity contribution in [2.75, 3.05) is 26.1 Å². The summed E-state index contributed by atoms with van der Waals surface area (Å²) in [6, 6.07) is 13.2. The average molecular weight is 414 g/mol. The van der Waals surface area contributed by atoms with Gasteiger partial charge < -0.3 is 20.1 Å². The highest BCUT2D eigenvalue weighted by Gasteiger charge is 2.08. The maximum atomic E-state index is 5.94. The Kier molecular flexibility index (Phi) is 6.97. The molecule has 0 fully saturated rings. The number of benzene rings is 2. The number of ether oxygens (including phenoxy) is 2. The van der Waals surface area contributed by atoms with Crippen LogP contribution in [0, 0.1) is 0 Å². The van der Waals surface area contributed by atoms with Crippen LogP contribution in [-0.4, -0.2) is 36.5 Å². The Balaban J connectivity index is 1.62. The molecule has 0 aliphatic rings.